The molecule has 107 valence electrons. The minimum absolute atomic E-state index is 0.255. The lowest BCUT2D eigenvalue weighted by atomic mass is 10.2. The molecule has 1 radical (unpaired) electrons. The first-order chi connectivity index (χ1) is 9.78. The van der Waals surface area contributed by atoms with Crippen molar-refractivity contribution in [2.45, 2.75) is 0 Å². The van der Waals surface area contributed by atoms with Crippen LogP contribution >= 0.6 is 0 Å². The molecule has 1 heterocycles. The van der Waals surface area contributed by atoms with E-state index in [9.17, 15) is 9.90 Å². The van der Waals surface area contributed by atoms with E-state index in [-0.39, 0.29) is 12.6 Å². The molecule has 1 aliphatic heterocycles. The van der Waals surface area contributed by atoms with Gasteiger partial charge in [0.05, 0.1) is 13.2 Å². The van der Waals surface area contributed by atoms with Gasteiger partial charge in [-0.3, -0.25) is 5.43 Å². The van der Waals surface area contributed by atoms with E-state index < -0.39 is 0 Å². The molecule has 20 heavy (non-hydrogen) atoms. The van der Waals surface area contributed by atoms with Gasteiger partial charge in [0.25, 0.3) is 0 Å². The van der Waals surface area contributed by atoms with Crippen molar-refractivity contribution < 1.29 is 14.6 Å². The van der Waals surface area contributed by atoms with Crippen LogP contribution in [0.2, 0.25) is 0 Å². The van der Waals surface area contributed by atoms with Crippen LogP contribution in [0.4, 0.5) is 10.5 Å². The van der Waals surface area contributed by atoms with Crippen LogP contribution in [-0.2, 0) is 9.84 Å². The van der Waals surface area contributed by atoms with E-state index in [0.717, 1.165) is 5.56 Å². The van der Waals surface area contributed by atoms with Gasteiger partial charge in [0, 0.05) is 18.8 Å². The number of carbonyl (C=O) groups excluding carboxylic acids is 1. The molecule has 2 rings (SSSR count). The number of hydrogen-bond donors (Lipinski definition) is 2. The van der Waals surface area contributed by atoms with Crippen LogP contribution in [0.25, 0.3) is 6.08 Å². The summed E-state index contributed by atoms with van der Waals surface area (Å²) in [6.07, 6.45) is 3.27. The summed E-state index contributed by atoms with van der Waals surface area (Å²) >= 11 is 0. The molecule has 0 unspecified atom stereocenters. The number of nitrogens with zero attached hydrogens (tertiary/aromatic N) is 1. The van der Waals surface area contributed by atoms with Crippen molar-refractivity contribution in [1.29, 1.82) is 0 Å². The molecular weight excluding hydrogens is 258 g/mol. The SMILES string of the molecule is [O]C/C=C/c1cccc(NC(=O)NN2CCOCC2)c1. The van der Waals surface area contributed by atoms with Crippen LogP contribution in [0.5, 0.6) is 0 Å². The number of carbonyl (C=O) groups is 1. The van der Waals surface area contributed by atoms with Gasteiger partial charge in [-0.15, -0.1) is 0 Å². The number of hydrogen-bond acceptors (Lipinski definition) is 3. The second-order valence-electron chi connectivity index (χ2n) is 4.36. The molecule has 6 nitrogen and oxygen atoms in total. The Kier molecular flexibility index (Phi) is 5.55. The summed E-state index contributed by atoms with van der Waals surface area (Å²) in [4.78, 5) is 11.8. The van der Waals surface area contributed by atoms with Crippen molar-refractivity contribution in [3.63, 3.8) is 0 Å². The average molecular weight is 276 g/mol. The first-order valence-electron chi connectivity index (χ1n) is 6.53. The van der Waals surface area contributed by atoms with Crippen molar-refractivity contribution in [2.24, 2.45) is 0 Å². The Morgan fingerprint density at radius 1 is 1.35 bits per heavy atom. The van der Waals surface area contributed by atoms with E-state index in [2.05, 4.69) is 10.7 Å². The first kappa shape index (κ1) is 14.5. The molecule has 2 amide bonds. The van der Waals surface area contributed by atoms with E-state index in [1.165, 1.54) is 6.08 Å². The Morgan fingerprint density at radius 2 is 2.15 bits per heavy atom. The van der Waals surface area contributed by atoms with Gasteiger partial charge in [0.1, 0.15) is 6.61 Å². The molecule has 0 aromatic heterocycles. The molecule has 0 spiro atoms. The summed E-state index contributed by atoms with van der Waals surface area (Å²) < 4.78 is 5.21. The fourth-order valence-corrected chi connectivity index (χ4v) is 1.88. The number of amides is 2. The molecule has 1 aromatic carbocycles. The zero-order valence-electron chi connectivity index (χ0n) is 11.2. The summed E-state index contributed by atoms with van der Waals surface area (Å²) in [6.45, 7) is 2.35. The van der Waals surface area contributed by atoms with Crippen LogP contribution in [0.15, 0.2) is 30.3 Å². The van der Waals surface area contributed by atoms with Gasteiger partial charge in [-0.1, -0.05) is 24.3 Å². The van der Waals surface area contributed by atoms with Crippen molar-refractivity contribution in [3.05, 3.63) is 35.9 Å². The maximum Gasteiger partial charge on any atom is 0.333 e. The zero-order valence-corrected chi connectivity index (χ0v) is 11.2. The third-order valence-corrected chi connectivity index (χ3v) is 2.82. The summed E-state index contributed by atoms with van der Waals surface area (Å²) in [6, 6.07) is 7.03. The maximum atomic E-state index is 11.8. The largest absolute Gasteiger partial charge is 0.379 e. The molecule has 2 N–H and O–H groups in total. The Morgan fingerprint density at radius 3 is 2.90 bits per heavy atom. The van der Waals surface area contributed by atoms with Crippen molar-refractivity contribution >= 4 is 17.8 Å². The smallest absolute Gasteiger partial charge is 0.333 e. The standard InChI is InChI=1S/C14H18N3O3/c18-8-2-4-12-3-1-5-13(11-12)15-14(19)16-17-6-9-20-10-7-17/h1-5,11H,6-10H2,(H2,15,16,19)/b4-2+. The van der Waals surface area contributed by atoms with Crippen molar-refractivity contribution in [1.82, 2.24) is 10.4 Å². The predicted molar refractivity (Wildman–Crippen MR) is 75.6 cm³/mol. The third-order valence-electron chi connectivity index (χ3n) is 2.82. The van der Waals surface area contributed by atoms with Gasteiger partial charge in [-0.25, -0.2) is 14.9 Å². The van der Waals surface area contributed by atoms with Gasteiger partial charge in [0.2, 0.25) is 0 Å². The molecule has 1 aromatic rings. The Labute approximate surface area is 118 Å². The van der Waals surface area contributed by atoms with Crippen LogP contribution < -0.4 is 10.7 Å². The molecule has 0 aliphatic carbocycles. The number of ether oxygens (including phenoxy) is 1. The first-order valence-corrected chi connectivity index (χ1v) is 6.53. The van der Waals surface area contributed by atoms with Gasteiger partial charge < -0.3 is 10.1 Å². The van der Waals surface area contributed by atoms with Gasteiger partial charge >= 0.3 is 6.03 Å². The number of hydrazine groups is 1. The molecular formula is C14H18N3O3. The average Bonchev–Trinajstić information content (AvgIpc) is 2.46. The molecule has 1 aliphatic rings. The minimum atomic E-state index is -0.281. The highest BCUT2D eigenvalue weighted by Gasteiger charge is 2.12. The van der Waals surface area contributed by atoms with E-state index in [1.54, 1.807) is 12.1 Å². The number of anilines is 1. The predicted octanol–water partition coefficient (Wildman–Crippen LogP) is 1.50. The van der Waals surface area contributed by atoms with Crippen LogP contribution in [0, 0.1) is 0 Å². The number of rotatable bonds is 4. The number of urea groups is 1. The van der Waals surface area contributed by atoms with E-state index in [4.69, 9.17) is 4.74 Å². The second kappa shape index (κ2) is 7.64. The second-order valence-corrected chi connectivity index (χ2v) is 4.36. The minimum Gasteiger partial charge on any atom is -0.379 e. The van der Waals surface area contributed by atoms with E-state index in [0.29, 0.717) is 32.0 Å². The maximum absolute atomic E-state index is 11.8. The number of benzene rings is 1. The van der Waals surface area contributed by atoms with Gasteiger partial charge in [-0.2, -0.15) is 0 Å². The summed E-state index contributed by atoms with van der Waals surface area (Å²) in [5, 5.41) is 15.0. The van der Waals surface area contributed by atoms with Crippen LogP contribution in [0.3, 0.4) is 0 Å². The van der Waals surface area contributed by atoms with Crippen LogP contribution in [0.1, 0.15) is 5.56 Å². The highest BCUT2D eigenvalue weighted by molar-refractivity contribution is 5.89. The normalized spacial score (nSPS) is 16.2. The highest BCUT2D eigenvalue weighted by atomic mass is 16.5. The number of morpholine rings is 1. The molecule has 0 atom stereocenters. The Balaban J connectivity index is 1.88. The monoisotopic (exact) mass is 276 g/mol. The van der Waals surface area contributed by atoms with E-state index >= 15 is 0 Å². The lowest BCUT2D eigenvalue weighted by Crippen LogP contribution is -2.49. The zero-order chi connectivity index (χ0) is 14.2. The fraction of sp³-hybridized carbons (Fsp3) is 0.357. The molecule has 1 fully saturated rings. The molecule has 6 heteroatoms. The summed E-state index contributed by atoms with van der Waals surface area (Å²) in [5.41, 5.74) is 4.33. The highest BCUT2D eigenvalue weighted by Crippen LogP contribution is 2.11. The van der Waals surface area contributed by atoms with Crippen molar-refractivity contribution in [3.8, 4) is 0 Å². The fourth-order valence-electron chi connectivity index (χ4n) is 1.88. The van der Waals surface area contributed by atoms with E-state index in [1.807, 2.05) is 23.2 Å². The molecule has 0 bridgehead atoms. The van der Waals surface area contributed by atoms with Crippen molar-refractivity contribution in [2.75, 3.05) is 38.2 Å². The quantitative estimate of drug-likeness (QED) is 0.875. The molecule has 1 saturated heterocycles. The topological polar surface area (TPSA) is 73.5 Å². The Hall–Kier alpha value is -1.89. The Bertz CT molecular complexity index is 470. The van der Waals surface area contributed by atoms with Gasteiger partial charge in [-0.05, 0) is 17.7 Å². The summed E-state index contributed by atoms with van der Waals surface area (Å²) in [5.74, 6) is 0. The van der Waals surface area contributed by atoms with Crippen LogP contribution in [-0.4, -0.2) is 44.0 Å². The van der Waals surface area contributed by atoms with Gasteiger partial charge in [0.15, 0.2) is 0 Å². The third kappa shape index (κ3) is 4.65. The summed E-state index contributed by atoms with van der Waals surface area (Å²) in [7, 11) is 0. The lowest BCUT2D eigenvalue weighted by molar-refractivity contribution is 0.0207. The number of nitrogens with one attached hydrogen (secondary N) is 2. The molecule has 0 saturated carbocycles. The lowest BCUT2D eigenvalue weighted by Gasteiger charge is -2.26.